The summed E-state index contributed by atoms with van der Waals surface area (Å²) in [5.41, 5.74) is 4.85. The summed E-state index contributed by atoms with van der Waals surface area (Å²) in [5, 5.41) is 0. The summed E-state index contributed by atoms with van der Waals surface area (Å²) in [5.74, 6) is 0.474. The molecule has 0 spiro atoms. The fraction of sp³-hybridized carbons (Fsp3) is 0.200. The van der Waals surface area contributed by atoms with Crippen LogP contribution in [0, 0.1) is 11.6 Å². The summed E-state index contributed by atoms with van der Waals surface area (Å²) in [6, 6.07) is 16.0. The van der Waals surface area contributed by atoms with Crippen LogP contribution in [-0.2, 0) is 6.42 Å². The zero-order chi connectivity index (χ0) is 26.4. The van der Waals surface area contributed by atoms with Gasteiger partial charge in [-0.05, 0) is 84.0 Å². The molecule has 38 heavy (non-hydrogen) atoms. The minimum absolute atomic E-state index is 0.187. The second-order valence-electron chi connectivity index (χ2n) is 9.28. The number of hydrogen-bond donors (Lipinski definition) is 0. The Morgan fingerprint density at radius 2 is 1.71 bits per heavy atom. The zero-order valence-corrected chi connectivity index (χ0v) is 21.6. The molecule has 8 heteroatoms. The van der Waals surface area contributed by atoms with Crippen LogP contribution in [0.5, 0.6) is 11.5 Å². The average molecular weight is 531 g/mol. The van der Waals surface area contributed by atoms with E-state index in [0.29, 0.717) is 38.5 Å². The van der Waals surface area contributed by atoms with Crippen LogP contribution in [0.25, 0.3) is 11.8 Å². The molecule has 1 atom stereocenters. The SMILES string of the molecule is COc1ccc(C2C3=C(N=c4s/c(=C/c5ccc(F)cc5)c(=O)n42)c2cc(F)ccc2CCC3)cc1OC. The fourth-order valence-corrected chi connectivity index (χ4v) is 6.27. The van der Waals surface area contributed by atoms with Gasteiger partial charge in [0, 0.05) is 5.56 Å². The van der Waals surface area contributed by atoms with Gasteiger partial charge < -0.3 is 9.47 Å². The van der Waals surface area contributed by atoms with E-state index in [1.165, 1.54) is 35.6 Å². The molecule has 0 radical (unpaired) electrons. The van der Waals surface area contributed by atoms with E-state index in [9.17, 15) is 13.6 Å². The number of hydrogen-bond acceptors (Lipinski definition) is 5. The third-order valence-corrected chi connectivity index (χ3v) is 8.03. The number of nitrogens with zero attached hydrogens (tertiary/aromatic N) is 2. The Morgan fingerprint density at radius 1 is 0.947 bits per heavy atom. The van der Waals surface area contributed by atoms with Crippen molar-refractivity contribution < 1.29 is 18.3 Å². The molecule has 1 aliphatic heterocycles. The lowest BCUT2D eigenvalue weighted by Gasteiger charge is -2.27. The Kier molecular flexibility index (Phi) is 6.19. The number of aryl methyl sites for hydroxylation is 1. The third kappa shape index (κ3) is 4.15. The Morgan fingerprint density at radius 3 is 2.47 bits per heavy atom. The lowest BCUT2D eigenvalue weighted by Crippen LogP contribution is -2.38. The van der Waals surface area contributed by atoms with Crippen molar-refractivity contribution >= 4 is 23.1 Å². The maximum atomic E-state index is 14.4. The second-order valence-corrected chi connectivity index (χ2v) is 10.3. The monoisotopic (exact) mass is 530 g/mol. The first-order valence-electron chi connectivity index (χ1n) is 12.3. The van der Waals surface area contributed by atoms with E-state index < -0.39 is 6.04 Å². The molecule has 3 aromatic carbocycles. The molecule has 0 amide bonds. The smallest absolute Gasteiger partial charge is 0.271 e. The normalized spacial score (nSPS) is 16.7. The van der Waals surface area contributed by atoms with Crippen LogP contribution in [0.4, 0.5) is 8.78 Å². The van der Waals surface area contributed by atoms with Crippen molar-refractivity contribution in [2.24, 2.45) is 4.99 Å². The van der Waals surface area contributed by atoms with Crippen molar-refractivity contribution in [3.05, 3.63) is 120 Å². The van der Waals surface area contributed by atoms with Gasteiger partial charge in [-0.2, -0.15) is 0 Å². The zero-order valence-electron chi connectivity index (χ0n) is 20.8. The molecule has 1 aliphatic carbocycles. The highest BCUT2D eigenvalue weighted by molar-refractivity contribution is 7.07. The maximum Gasteiger partial charge on any atom is 0.271 e. The van der Waals surface area contributed by atoms with Gasteiger partial charge in [-0.15, -0.1) is 0 Å². The molecule has 6 rings (SSSR count). The Bertz CT molecular complexity index is 1770. The number of ether oxygens (including phenoxy) is 2. The molecule has 4 aromatic rings. The molecule has 1 aromatic heterocycles. The van der Waals surface area contributed by atoms with E-state index in [2.05, 4.69) is 0 Å². The first-order chi connectivity index (χ1) is 18.5. The van der Waals surface area contributed by atoms with Crippen LogP contribution in [0.1, 0.15) is 41.1 Å². The van der Waals surface area contributed by atoms with Crippen LogP contribution in [0.2, 0.25) is 0 Å². The lowest BCUT2D eigenvalue weighted by molar-refractivity contribution is 0.354. The number of benzene rings is 3. The van der Waals surface area contributed by atoms with Crippen molar-refractivity contribution in [2.45, 2.75) is 25.3 Å². The molecule has 5 nitrogen and oxygen atoms in total. The number of rotatable bonds is 4. The summed E-state index contributed by atoms with van der Waals surface area (Å²) in [6.45, 7) is 0. The maximum absolute atomic E-state index is 14.4. The van der Waals surface area contributed by atoms with Crippen molar-refractivity contribution in [2.75, 3.05) is 14.2 Å². The summed E-state index contributed by atoms with van der Waals surface area (Å²) in [7, 11) is 3.15. The number of allylic oxidation sites excluding steroid dienone is 1. The van der Waals surface area contributed by atoms with Gasteiger partial charge in [0.05, 0.1) is 30.5 Å². The largest absolute Gasteiger partial charge is 0.493 e. The molecule has 2 heterocycles. The van der Waals surface area contributed by atoms with Gasteiger partial charge in [0.2, 0.25) is 0 Å². The van der Waals surface area contributed by atoms with E-state index in [1.54, 1.807) is 37.0 Å². The van der Waals surface area contributed by atoms with E-state index in [4.69, 9.17) is 14.5 Å². The Hall–Kier alpha value is -4.04. The summed E-state index contributed by atoms with van der Waals surface area (Å²) >= 11 is 1.27. The van der Waals surface area contributed by atoms with Gasteiger partial charge in [-0.1, -0.05) is 35.6 Å². The Balaban J connectivity index is 1.64. The molecule has 0 fully saturated rings. The van der Waals surface area contributed by atoms with Gasteiger partial charge in [-0.25, -0.2) is 13.8 Å². The third-order valence-electron chi connectivity index (χ3n) is 7.05. The predicted molar refractivity (Wildman–Crippen MR) is 143 cm³/mol. The van der Waals surface area contributed by atoms with Gasteiger partial charge in [0.25, 0.3) is 5.56 Å². The summed E-state index contributed by atoms with van der Waals surface area (Å²) in [4.78, 5) is 19.4. The molecule has 1 unspecified atom stereocenters. The van der Waals surface area contributed by atoms with Gasteiger partial charge in [0.15, 0.2) is 16.3 Å². The van der Waals surface area contributed by atoms with Crippen molar-refractivity contribution in [1.82, 2.24) is 4.57 Å². The minimum Gasteiger partial charge on any atom is -0.493 e. The first-order valence-corrected chi connectivity index (χ1v) is 13.1. The summed E-state index contributed by atoms with van der Waals surface area (Å²) < 4.78 is 41.1. The van der Waals surface area contributed by atoms with Crippen LogP contribution in [0.3, 0.4) is 0 Å². The second kappa shape index (κ2) is 9.68. The first kappa shape index (κ1) is 24.3. The highest BCUT2D eigenvalue weighted by atomic mass is 32.1. The van der Waals surface area contributed by atoms with Gasteiger partial charge >= 0.3 is 0 Å². The van der Waals surface area contributed by atoms with E-state index >= 15 is 0 Å². The topological polar surface area (TPSA) is 52.8 Å². The fourth-order valence-electron chi connectivity index (χ4n) is 5.27. The average Bonchev–Trinajstić information content (AvgIpc) is 3.12. The molecule has 0 saturated heterocycles. The molecular formula is C30H24F2N2O3S. The lowest BCUT2D eigenvalue weighted by atomic mass is 9.91. The number of methoxy groups -OCH3 is 2. The van der Waals surface area contributed by atoms with Crippen LogP contribution < -0.4 is 24.4 Å². The molecule has 0 N–H and O–H groups in total. The molecule has 0 saturated carbocycles. The van der Waals surface area contributed by atoms with E-state index in [0.717, 1.165) is 35.1 Å². The van der Waals surface area contributed by atoms with Gasteiger partial charge in [0.1, 0.15) is 11.6 Å². The molecular weight excluding hydrogens is 506 g/mol. The highest BCUT2D eigenvalue weighted by Gasteiger charge is 2.32. The molecule has 0 bridgehead atoms. The van der Waals surface area contributed by atoms with E-state index in [1.807, 2.05) is 24.3 Å². The predicted octanol–water partition coefficient (Wildman–Crippen LogP) is 5.00. The van der Waals surface area contributed by atoms with Crippen LogP contribution in [0.15, 0.2) is 76.0 Å². The van der Waals surface area contributed by atoms with Crippen molar-refractivity contribution in [1.29, 1.82) is 0 Å². The number of thiazole rings is 1. The number of aromatic nitrogens is 1. The highest BCUT2D eigenvalue weighted by Crippen LogP contribution is 2.42. The van der Waals surface area contributed by atoms with E-state index in [-0.39, 0.29) is 17.2 Å². The molecule has 192 valence electrons. The standard InChI is InChI=1S/C30H24F2N2O3S/c1-36-24-13-9-19(15-25(24)37-2)28-22-5-3-4-18-8-12-21(32)16-23(18)27(22)33-30-34(28)29(35)26(38-30)14-17-6-10-20(31)11-7-17/h6-16,28H,3-5H2,1-2H3/b26-14+. The minimum atomic E-state index is -0.453. The number of fused-ring (bicyclic) bond motifs is 3. The van der Waals surface area contributed by atoms with Crippen molar-refractivity contribution in [3.63, 3.8) is 0 Å². The summed E-state index contributed by atoms with van der Waals surface area (Å²) in [6.07, 6.45) is 4.09. The number of halogens is 2. The van der Waals surface area contributed by atoms with Crippen LogP contribution >= 0.6 is 11.3 Å². The van der Waals surface area contributed by atoms with Crippen molar-refractivity contribution in [3.8, 4) is 11.5 Å². The Labute approximate surface area is 221 Å². The molecule has 2 aliphatic rings. The quantitative estimate of drug-likeness (QED) is 0.373. The van der Waals surface area contributed by atoms with Gasteiger partial charge in [-0.3, -0.25) is 9.36 Å². The van der Waals surface area contributed by atoms with Crippen LogP contribution in [-0.4, -0.2) is 18.8 Å².